The molecule has 0 unspecified atom stereocenters. The second-order valence-electron chi connectivity index (χ2n) is 6.45. The third-order valence-electron chi connectivity index (χ3n) is 4.43. The first-order valence-corrected chi connectivity index (χ1v) is 9.08. The van der Waals surface area contributed by atoms with Gasteiger partial charge in [-0.3, -0.25) is 0 Å². The number of halogens is 5. The fraction of sp³-hybridized carbons (Fsp3) is 0.0476. The van der Waals surface area contributed by atoms with Gasteiger partial charge >= 0.3 is 12.1 Å². The highest BCUT2D eigenvalue weighted by Crippen LogP contribution is 2.41. The molecule has 0 aliphatic carbocycles. The molecule has 5 nitrogen and oxygen atoms in total. The topological polar surface area (TPSA) is 64.3 Å². The van der Waals surface area contributed by atoms with E-state index in [2.05, 4.69) is 5.10 Å². The van der Waals surface area contributed by atoms with Crippen LogP contribution in [0.5, 0.6) is 11.6 Å². The first-order chi connectivity index (χ1) is 14.6. The van der Waals surface area contributed by atoms with Crippen LogP contribution < -0.4 is 4.74 Å². The summed E-state index contributed by atoms with van der Waals surface area (Å²) in [6.45, 7) is 0. The van der Waals surface area contributed by atoms with Crippen LogP contribution >= 0.6 is 11.6 Å². The molecule has 4 rings (SSSR count). The van der Waals surface area contributed by atoms with E-state index >= 15 is 0 Å². The second kappa shape index (κ2) is 7.59. The molecule has 1 aromatic heterocycles. The van der Waals surface area contributed by atoms with Crippen molar-refractivity contribution in [2.24, 2.45) is 0 Å². The molecule has 10 heteroatoms. The van der Waals surface area contributed by atoms with Gasteiger partial charge in [0, 0.05) is 5.02 Å². The number of aromatic carboxylic acids is 1. The van der Waals surface area contributed by atoms with Gasteiger partial charge in [-0.05, 0) is 48.5 Å². The van der Waals surface area contributed by atoms with Crippen LogP contribution in [0.4, 0.5) is 17.6 Å². The van der Waals surface area contributed by atoms with Crippen molar-refractivity contribution in [3.05, 3.63) is 82.6 Å². The lowest BCUT2D eigenvalue weighted by molar-refractivity contribution is -0.138. The van der Waals surface area contributed by atoms with Gasteiger partial charge in [-0.2, -0.15) is 13.2 Å². The molecule has 1 heterocycles. The van der Waals surface area contributed by atoms with E-state index in [9.17, 15) is 22.4 Å². The Bertz CT molecular complexity index is 1320. The number of aromatic nitrogens is 2. The van der Waals surface area contributed by atoms with Crippen molar-refractivity contribution < 1.29 is 32.2 Å². The van der Waals surface area contributed by atoms with Crippen LogP contribution in [-0.4, -0.2) is 20.9 Å². The molecule has 158 valence electrons. The van der Waals surface area contributed by atoms with E-state index in [4.69, 9.17) is 21.4 Å². The normalized spacial score (nSPS) is 11.6. The van der Waals surface area contributed by atoms with E-state index in [1.54, 1.807) is 24.3 Å². The molecule has 0 amide bonds. The van der Waals surface area contributed by atoms with Crippen LogP contribution in [-0.2, 0) is 6.18 Å². The molecular formula is C21H11ClF4N2O3. The highest BCUT2D eigenvalue weighted by atomic mass is 35.5. The Kier molecular flexibility index (Phi) is 5.06. The molecule has 0 atom stereocenters. The summed E-state index contributed by atoms with van der Waals surface area (Å²) in [5, 5.41) is 13.4. The molecule has 0 spiro atoms. The first kappa shape index (κ1) is 20.7. The summed E-state index contributed by atoms with van der Waals surface area (Å²) in [6, 6.07) is 12.7. The lowest BCUT2D eigenvalue weighted by atomic mass is 10.2. The summed E-state index contributed by atoms with van der Waals surface area (Å²) < 4.78 is 61.4. The molecule has 1 N–H and O–H groups in total. The lowest BCUT2D eigenvalue weighted by Gasteiger charge is -2.13. The van der Waals surface area contributed by atoms with E-state index in [1.807, 2.05) is 0 Å². The van der Waals surface area contributed by atoms with Crippen LogP contribution in [0.25, 0.3) is 16.6 Å². The van der Waals surface area contributed by atoms with Crippen LogP contribution in [0.1, 0.15) is 15.9 Å². The molecule has 0 fully saturated rings. The number of rotatable bonds is 4. The van der Waals surface area contributed by atoms with E-state index < -0.39 is 29.3 Å². The summed E-state index contributed by atoms with van der Waals surface area (Å²) >= 11 is 5.70. The van der Waals surface area contributed by atoms with E-state index in [1.165, 1.54) is 18.2 Å². The van der Waals surface area contributed by atoms with Crippen LogP contribution in [0.2, 0.25) is 5.02 Å². The van der Waals surface area contributed by atoms with Crippen molar-refractivity contribution in [1.82, 2.24) is 9.78 Å². The molecule has 0 radical (unpaired) electrons. The molecule has 4 aromatic rings. The van der Waals surface area contributed by atoms with Gasteiger partial charge in [0.15, 0.2) is 0 Å². The average Bonchev–Trinajstić information content (AvgIpc) is 3.07. The number of alkyl halides is 3. The number of fused-ring (bicyclic) bond motifs is 1. The number of hydrogen-bond acceptors (Lipinski definition) is 3. The van der Waals surface area contributed by atoms with Gasteiger partial charge in [-0.15, -0.1) is 5.10 Å². The number of benzene rings is 3. The number of carboxylic acid groups (broad SMARTS) is 1. The maximum Gasteiger partial charge on any atom is 0.420 e. The van der Waals surface area contributed by atoms with E-state index in [0.717, 1.165) is 22.9 Å². The standard InChI is InChI=1S/C21H11ClF4N2O3/c22-12-6-8-18(14(10-12)21(24,25)26)31-19-13-3-1-2-4-16(13)28(27-19)17-7-5-11(20(29)30)9-15(17)23/h1-10H,(H,29,30). The van der Waals surface area contributed by atoms with Gasteiger partial charge in [0.05, 0.1) is 22.0 Å². The Morgan fingerprint density at radius 1 is 1.06 bits per heavy atom. The third-order valence-corrected chi connectivity index (χ3v) is 4.67. The fourth-order valence-electron chi connectivity index (χ4n) is 3.03. The Hall–Kier alpha value is -3.59. The van der Waals surface area contributed by atoms with E-state index in [0.29, 0.717) is 10.9 Å². The number of para-hydroxylation sites is 1. The van der Waals surface area contributed by atoms with Crippen molar-refractivity contribution in [2.45, 2.75) is 6.18 Å². The lowest BCUT2D eigenvalue weighted by Crippen LogP contribution is -2.07. The molecule has 31 heavy (non-hydrogen) atoms. The minimum Gasteiger partial charge on any atom is -0.478 e. The predicted molar refractivity (Wildman–Crippen MR) is 105 cm³/mol. The number of ether oxygens (including phenoxy) is 1. The molecule has 0 aliphatic rings. The predicted octanol–water partition coefficient (Wildman–Crippen LogP) is 6.33. The van der Waals surface area contributed by atoms with Crippen molar-refractivity contribution in [2.75, 3.05) is 0 Å². The van der Waals surface area contributed by atoms with Crippen molar-refractivity contribution >= 4 is 28.5 Å². The minimum absolute atomic E-state index is 0.0943. The zero-order valence-electron chi connectivity index (χ0n) is 15.3. The average molecular weight is 451 g/mol. The smallest absolute Gasteiger partial charge is 0.420 e. The zero-order valence-corrected chi connectivity index (χ0v) is 16.1. The minimum atomic E-state index is -4.72. The van der Waals surface area contributed by atoms with Crippen LogP contribution in [0.15, 0.2) is 60.7 Å². The van der Waals surface area contributed by atoms with Crippen LogP contribution in [0, 0.1) is 5.82 Å². The van der Waals surface area contributed by atoms with Gasteiger partial charge in [-0.25, -0.2) is 13.9 Å². The van der Waals surface area contributed by atoms with Crippen molar-refractivity contribution in [1.29, 1.82) is 0 Å². The van der Waals surface area contributed by atoms with Gasteiger partial charge in [0.2, 0.25) is 5.88 Å². The summed E-state index contributed by atoms with van der Waals surface area (Å²) in [5.74, 6) is -2.89. The van der Waals surface area contributed by atoms with Crippen LogP contribution in [0.3, 0.4) is 0 Å². The number of carbonyl (C=O) groups is 1. The highest BCUT2D eigenvalue weighted by Gasteiger charge is 2.35. The SMILES string of the molecule is O=C(O)c1ccc(-n2nc(Oc3ccc(Cl)cc3C(F)(F)F)c3ccccc32)c(F)c1. The number of carboxylic acids is 1. The molecule has 0 bridgehead atoms. The molecule has 3 aromatic carbocycles. The Balaban J connectivity index is 1.85. The number of nitrogens with zero attached hydrogens (tertiary/aromatic N) is 2. The molecule has 0 saturated heterocycles. The van der Waals surface area contributed by atoms with Gasteiger partial charge in [0.25, 0.3) is 0 Å². The second-order valence-corrected chi connectivity index (χ2v) is 6.88. The molecule has 0 saturated carbocycles. The van der Waals surface area contributed by atoms with Gasteiger partial charge < -0.3 is 9.84 Å². The maximum absolute atomic E-state index is 14.6. The number of hydrogen-bond donors (Lipinski definition) is 1. The van der Waals surface area contributed by atoms with E-state index in [-0.39, 0.29) is 22.2 Å². The van der Waals surface area contributed by atoms with Gasteiger partial charge in [-0.1, -0.05) is 23.7 Å². The zero-order chi connectivity index (χ0) is 22.3. The summed E-state index contributed by atoms with van der Waals surface area (Å²) in [4.78, 5) is 11.0. The third kappa shape index (κ3) is 3.91. The fourth-order valence-corrected chi connectivity index (χ4v) is 3.20. The summed E-state index contributed by atoms with van der Waals surface area (Å²) in [6.07, 6.45) is -4.72. The summed E-state index contributed by atoms with van der Waals surface area (Å²) in [5.41, 5.74) is -1.09. The largest absolute Gasteiger partial charge is 0.478 e. The maximum atomic E-state index is 14.6. The highest BCUT2D eigenvalue weighted by molar-refractivity contribution is 6.30. The Morgan fingerprint density at radius 2 is 1.81 bits per heavy atom. The summed E-state index contributed by atoms with van der Waals surface area (Å²) in [7, 11) is 0. The Labute approximate surface area is 177 Å². The molecule has 0 aliphatic heterocycles. The van der Waals surface area contributed by atoms with Crippen molar-refractivity contribution in [3.8, 4) is 17.3 Å². The quantitative estimate of drug-likeness (QED) is 0.369. The molecular weight excluding hydrogens is 440 g/mol. The monoisotopic (exact) mass is 450 g/mol. The van der Waals surface area contributed by atoms with Gasteiger partial charge in [0.1, 0.15) is 17.3 Å². The Morgan fingerprint density at radius 3 is 2.48 bits per heavy atom. The van der Waals surface area contributed by atoms with Crippen molar-refractivity contribution in [3.63, 3.8) is 0 Å². The first-order valence-electron chi connectivity index (χ1n) is 8.71.